The Morgan fingerprint density at radius 2 is 1.66 bits per heavy atom. The highest BCUT2D eigenvalue weighted by Crippen LogP contribution is 2.25. The summed E-state index contributed by atoms with van der Waals surface area (Å²) in [6.45, 7) is 5.66. The number of piperidine rings is 1. The Bertz CT molecular complexity index is 1190. The predicted octanol–water partition coefficient (Wildman–Crippen LogP) is 5.35. The number of carbonyl (C=O) groups excluding carboxylic acids is 1. The first kappa shape index (κ1) is 33.0. The van der Waals surface area contributed by atoms with Gasteiger partial charge in [-0.2, -0.15) is 0 Å². The number of hydrogen-bond acceptors (Lipinski definition) is 6. The van der Waals surface area contributed by atoms with Gasteiger partial charge in [-0.3, -0.25) is 9.62 Å². The molecule has 2 aromatic carbocycles. The second kappa shape index (κ2) is 15.6. The van der Waals surface area contributed by atoms with Gasteiger partial charge in [-0.25, -0.2) is 13.2 Å². The van der Waals surface area contributed by atoms with Gasteiger partial charge in [-0.05, 0) is 86.9 Å². The summed E-state index contributed by atoms with van der Waals surface area (Å²) >= 11 is 0. The number of carbonyl (C=O) groups is 1. The van der Waals surface area contributed by atoms with Gasteiger partial charge in [-0.1, -0.05) is 25.5 Å². The molecule has 2 amide bonds. The molecule has 2 atom stereocenters. The van der Waals surface area contributed by atoms with Crippen LogP contribution in [0.1, 0.15) is 63.9 Å². The van der Waals surface area contributed by atoms with Gasteiger partial charge in [0.05, 0.1) is 12.4 Å². The SMILES string of the molecule is CCCCN(C(=O)NC1CCCC(O)C1)C1CCN(Cc2ccc(Oc3ccc(NS(C)(=O)=O)cc3)cc2)CC1.Cl. The molecule has 3 N–H and O–H groups in total. The Morgan fingerprint density at radius 1 is 1.02 bits per heavy atom. The summed E-state index contributed by atoms with van der Waals surface area (Å²) in [4.78, 5) is 17.7. The van der Waals surface area contributed by atoms with Crippen LogP contribution in [0.25, 0.3) is 0 Å². The number of urea groups is 1. The highest BCUT2D eigenvalue weighted by Gasteiger charge is 2.30. The fourth-order valence-electron chi connectivity index (χ4n) is 5.58. The number of unbranched alkanes of at least 4 members (excludes halogenated alkanes) is 1. The Hall–Kier alpha value is -2.53. The lowest BCUT2D eigenvalue weighted by atomic mass is 9.93. The van der Waals surface area contributed by atoms with Crippen LogP contribution in [0.2, 0.25) is 0 Å². The highest BCUT2D eigenvalue weighted by atomic mass is 35.5. The maximum Gasteiger partial charge on any atom is 0.317 e. The Kier molecular flexibility index (Phi) is 12.6. The van der Waals surface area contributed by atoms with E-state index in [2.05, 4.69) is 38.9 Å². The summed E-state index contributed by atoms with van der Waals surface area (Å²) in [6, 6.07) is 15.2. The van der Waals surface area contributed by atoms with E-state index in [0.29, 0.717) is 23.6 Å². The minimum Gasteiger partial charge on any atom is -0.457 e. The van der Waals surface area contributed by atoms with Crippen LogP contribution in [0.15, 0.2) is 48.5 Å². The lowest BCUT2D eigenvalue weighted by molar-refractivity contribution is 0.0980. The number of aliphatic hydroxyl groups excluding tert-OH is 1. The van der Waals surface area contributed by atoms with E-state index in [4.69, 9.17) is 4.74 Å². The molecular weight excluding hydrogens is 564 g/mol. The molecule has 41 heavy (non-hydrogen) atoms. The van der Waals surface area contributed by atoms with E-state index in [1.165, 1.54) is 5.56 Å². The number of amides is 2. The molecule has 9 nitrogen and oxygen atoms in total. The molecular formula is C30H45ClN4O5S. The summed E-state index contributed by atoms with van der Waals surface area (Å²) in [5.74, 6) is 1.35. The summed E-state index contributed by atoms with van der Waals surface area (Å²) in [5, 5.41) is 13.2. The molecule has 2 unspecified atom stereocenters. The van der Waals surface area contributed by atoms with Crippen LogP contribution in [-0.4, -0.2) is 73.4 Å². The quantitative estimate of drug-likeness (QED) is 0.317. The number of hydrogen-bond donors (Lipinski definition) is 3. The molecule has 4 rings (SSSR count). The second-order valence-electron chi connectivity index (χ2n) is 11.2. The van der Waals surface area contributed by atoms with Crippen molar-refractivity contribution in [2.45, 2.75) is 83.0 Å². The van der Waals surface area contributed by atoms with Crippen molar-refractivity contribution >= 4 is 34.1 Å². The second-order valence-corrected chi connectivity index (χ2v) is 12.9. The molecule has 0 spiro atoms. The van der Waals surface area contributed by atoms with E-state index in [-0.39, 0.29) is 36.6 Å². The maximum absolute atomic E-state index is 13.2. The predicted molar refractivity (Wildman–Crippen MR) is 165 cm³/mol. The molecule has 2 aliphatic rings. The number of nitrogens with zero attached hydrogens (tertiary/aromatic N) is 2. The van der Waals surface area contributed by atoms with E-state index < -0.39 is 10.0 Å². The largest absolute Gasteiger partial charge is 0.457 e. The first-order valence-electron chi connectivity index (χ1n) is 14.5. The van der Waals surface area contributed by atoms with Crippen molar-refractivity contribution in [3.8, 4) is 11.5 Å². The van der Waals surface area contributed by atoms with Crippen molar-refractivity contribution in [1.29, 1.82) is 0 Å². The summed E-state index contributed by atoms with van der Waals surface area (Å²) < 4.78 is 31.1. The van der Waals surface area contributed by atoms with Crippen molar-refractivity contribution in [3.63, 3.8) is 0 Å². The molecule has 1 aliphatic carbocycles. The molecule has 1 aliphatic heterocycles. The average Bonchev–Trinajstić information content (AvgIpc) is 2.91. The number of benzene rings is 2. The van der Waals surface area contributed by atoms with Crippen molar-refractivity contribution < 1.29 is 23.1 Å². The van der Waals surface area contributed by atoms with Gasteiger partial charge >= 0.3 is 6.03 Å². The third kappa shape index (κ3) is 10.7. The number of nitrogens with one attached hydrogen (secondary N) is 2. The molecule has 0 aromatic heterocycles. The molecule has 228 valence electrons. The molecule has 11 heteroatoms. The third-order valence-corrected chi connectivity index (χ3v) is 8.31. The monoisotopic (exact) mass is 608 g/mol. The standard InChI is InChI=1S/C30H44N4O5S.ClH/c1-3-4-18-34(30(36)31-25-6-5-7-27(35)21-25)26-16-19-33(20-17-26)22-23-8-12-28(13-9-23)39-29-14-10-24(11-15-29)32-40(2,37)38;/h8-15,25-27,32,35H,3-7,16-22H2,1-2H3,(H,31,36);1H. The van der Waals surface area contributed by atoms with Crippen molar-refractivity contribution in [1.82, 2.24) is 15.1 Å². The number of anilines is 1. The Balaban J connectivity index is 0.00000462. The van der Waals surface area contributed by atoms with Crippen molar-refractivity contribution in [3.05, 3.63) is 54.1 Å². The van der Waals surface area contributed by atoms with Gasteiger partial charge in [0.1, 0.15) is 11.5 Å². The number of rotatable bonds is 11. The molecule has 0 bridgehead atoms. The zero-order valence-corrected chi connectivity index (χ0v) is 25.8. The lowest BCUT2D eigenvalue weighted by Gasteiger charge is -2.39. The molecule has 1 saturated heterocycles. The number of sulfonamides is 1. The van der Waals surface area contributed by atoms with Crippen LogP contribution in [0.4, 0.5) is 10.5 Å². The molecule has 2 fully saturated rings. The van der Waals surface area contributed by atoms with E-state index in [9.17, 15) is 18.3 Å². The average molecular weight is 609 g/mol. The smallest absolute Gasteiger partial charge is 0.317 e. The summed E-state index contributed by atoms with van der Waals surface area (Å²) in [6.07, 6.45) is 8.18. The molecule has 1 saturated carbocycles. The van der Waals surface area contributed by atoms with Gasteiger partial charge in [-0.15, -0.1) is 12.4 Å². The van der Waals surface area contributed by atoms with Crippen molar-refractivity contribution in [2.75, 3.05) is 30.6 Å². The van der Waals surface area contributed by atoms with E-state index >= 15 is 0 Å². The van der Waals surface area contributed by atoms with Crippen LogP contribution in [0.5, 0.6) is 11.5 Å². The van der Waals surface area contributed by atoms with Crippen LogP contribution < -0.4 is 14.8 Å². The minimum absolute atomic E-state index is 0. The first-order valence-corrected chi connectivity index (χ1v) is 16.4. The van der Waals surface area contributed by atoms with Gasteiger partial charge < -0.3 is 20.1 Å². The third-order valence-electron chi connectivity index (χ3n) is 7.71. The molecule has 0 radical (unpaired) electrons. The first-order chi connectivity index (χ1) is 19.2. The topological polar surface area (TPSA) is 111 Å². The summed E-state index contributed by atoms with van der Waals surface area (Å²) in [5.41, 5.74) is 1.70. The van der Waals surface area contributed by atoms with E-state index in [1.54, 1.807) is 24.3 Å². The van der Waals surface area contributed by atoms with Crippen LogP contribution in [0, 0.1) is 0 Å². The fourth-order valence-corrected chi connectivity index (χ4v) is 6.15. The highest BCUT2D eigenvalue weighted by molar-refractivity contribution is 7.92. The van der Waals surface area contributed by atoms with Gasteiger partial charge in [0, 0.05) is 44.0 Å². The van der Waals surface area contributed by atoms with Gasteiger partial charge in [0.25, 0.3) is 0 Å². The number of halogens is 1. The maximum atomic E-state index is 13.2. The van der Waals surface area contributed by atoms with Crippen LogP contribution >= 0.6 is 12.4 Å². The van der Waals surface area contributed by atoms with E-state index in [0.717, 1.165) is 77.4 Å². The normalized spacial score (nSPS) is 20.1. The Labute approximate surface area is 251 Å². The number of ether oxygens (including phenoxy) is 1. The van der Waals surface area contributed by atoms with Gasteiger partial charge in [0.15, 0.2) is 0 Å². The zero-order chi connectivity index (χ0) is 28.5. The minimum atomic E-state index is -3.31. The fraction of sp³-hybridized carbons (Fsp3) is 0.567. The molecule has 1 heterocycles. The number of likely N-dealkylation sites (tertiary alicyclic amines) is 1. The van der Waals surface area contributed by atoms with Crippen LogP contribution in [-0.2, 0) is 16.6 Å². The van der Waals surface area contributed by atoms with Crippen molar-refractivity contribution in [2.24, 2.45) is 0 Å². The molecule has 2 aromatic rings. The van der Waals surface area contributed by atoms with Gasteiger partial charge in [0.2, 0.25) is 10.0 Å². The summed E-state index contributed by atoms with van der Waals surface area (Å²) in [7, 11) is -3.31. The number of aliphatic hydroxyl groups is 1. The van der Waals surface area contributed by atoms with E-state index in [1.807, 2.05) is 12.1 Å². The Morgan fingerprint density at radius 3 is 2.24 bits per heavy atom. The van der Waals surface area contributed by atoms with Crippen LogP contribution in [0.3, 0.4) is 0 Å². The lowest BCUT2D eigenvalue weighted by Crippen LogP contribution is -2.53. The zero-order valence-electron chi connectivity index (χ0n) is 24.1.